The monoisotopic (exact) mass is 582 g/mol. The van der Waals surface area contributed by atoms with Crippen molar-refractivity contribution < 1.29 is 27.8 Å². The maximum absolute atomic E-state index is 9.06. The summed E-state index contributed by atoms with van der Waals surface area (Å²) < 4.78 is 34.7. The fourth-order valence-corrected chi connectivity index (χ4v) is 0. The fraction of sp³-hybridized carbons (Fsp3) is 0. The molecule has 0 rings (SSSR count). The molecule has 4 radical (unpaired) electrons. The van der Waals surface area contributed by atoms with E-state index in [2.05, 4.69) is 0 Å². The summed E-state index contributed by atoms with van der Waals surface area (Å²) in [7, 11) is 0. The van der Waals surface area contributed by atoms with Crippen LogP contribution >= 0.6 is 0 Å². The van der Waals surface area contributed by atoms with Crippen molar-refractivity contribution in [3.05, 3.63) is 0 Å². The fourth-order valence-electron chi connectivity index (χ4n) is 0. The summed E-state index contributed by atoms with van der Waals surface area (Å²) in [6.45, 7) is -1.72. The second-order valence-corrected chi connectivity index (χ2v) is 4.80. The third-order valence-corrected chi connectivity index (χ3v) is 0. The van der Waals surface area contributed by atoms with Gasteiger partial charge in [0.2, 0.25) is 0 Å². The first-order chi connectivity index (χ1) is 3.15. The quantitative estimate of drug-likeness (QED) is 0.269. The van der Waals surface area contributed by atoms with Crippen LogP contribution in [-0.2, 0) is 18.3 Å². The first-order valence-electron chi connectivity index (χ1n) is 0.871. The van der Waals surface area contributed by atoms with E-state index in [4.69, 9.17) is 16.8 Å². The Kier molecular flexibility index (Phi) is 94.8. The number of hydrogen-bond acceptors (Lipinski definition) is 4. The van der Waals surface area contributed by atoms with E-state index in [0.29, 0.717) is 0 Å². The van der Waals surface area contributed by atoms with Crippen molar-refractivity contribution in [2.75, 3.05) is 0 Å². The van der Waals surface area contributed by atoms with E-state index in [0.717, 1.165) is 0 Å². The van der Waals surface area contributed by atoms with Gasteiger partial charge in [0, 0.05) is 0 Å². The standard InChI is InChI=1S/2O2S.2H2O.2Pb.2H/c2*1-3-2;;;;;;/h;;2*1H2;;;;. The molecule has 0 amide bonds. The van der Waals surface area contributed by atoms with Crippen molar-refractivity contribution in [3.63, 3.8) is 0 Å². The normalized spacial score (nSPS) is 3.60. The number of hydrogen-bond donors (Lipinski definition) is 0. The minimum absolute atomic E-state index is 0. The van der Waals surface area contributed by atoms with Crippen molar-refractivity contribution in [3.8, 4) is 0 Å². The van der Waals surface area contributed by atoms with Gasteiger partial charge in [-0.1, -0.05) is 0 Å². The van der Waals surface area contributed by atoms with Crippen LogP contribution in [0.3, 0.4) is 0 Å². The molecule has 0 aromatic carbocycles. The van der Waals surface area contributed by atoms with Crippen LogP contribution in [0, 0.1) is 0 Å². The first kappa shape index (κ1) is 30.1. The molecule has 0 saturated carbocycles. The van der Waals surface area contributed by atoms with Crippen LogP contribution < -0.4 is 0 Å². The third-order valence-electron chi connectivity index (χ3n) is 0. The summed E-state index contributed by atoms with van der Waals surface area (Å²) in [5.41, 5.74) is 0. The van der Waals surface area contributed by atoms with E-state index >= 15 is 0 Å². The SMILES string of the molecule is O.O.O=S=O.O=[S](=O)=[Pb].[PbH2]. The van der Waals surface area contributed by atoms with E-state index in [1.165, 1.54) is 0 Å². The van der Waals surface area contributed by atoms with Crippen molar-refractivity contribution in [1.29, 1.82) is 0 Å². The van der Waals surface area contributed by atoms with E-state index in [-0.39, 0.29) is 61.9 Å². The number of rotatable bonds is 0. The molecule has 0 saturated heterocycles. The Morgan fingerprint density at radius 2 is 1.10 bits per heavy atom. The van der Waals surface area contributed by atoms with Gasteiger partial charge in [0.1, 0.15) is 0 Å². The van der Waals surface area contributed by atoms with Crippen molar-refractivity contribution in [2.24, 2.45) is 0 Å². The Bertz CT molecular complexity index is 140. The van der Waals surface area contributed by atoms with Gasteiger partial charge in [-0.3, -0.25) is 0 Å². The first-order valence-corrected chi connectivity index (χ1v) is 7.37. The Hall–Kier alpha value is 1.40. The second kappa shape index (κ2) is 31.5. The van der Waals surface area contributed by atoms with Gasteiger partial charge in [-0.2, -0.15) is 8.42 Å². The van der Waals surface area contributed by atoms with Crippen molar-refractivity contribution in [2.45, 2.75) is 0 Å². The van der Waals surface area contributed by atoms with Crippen LogP contribution in [0.5, 0.6) is 0 Å². The van der Waals surface area contributed by atoms with Crippen LogP contribution in [0.4, 0.5) is 0 Å². The minimum atomic E-state index is -1.72. The molecule has 0 spiro atoms. The van der Waals surface area contributed by atoms with Crippen LogP contribution in [0.1, 0.15) is 0 Å². The molecule has 0 fully saturated rings. The van der Waals surface area contributed by atoms with E-state index in [1.807, 2.05) is 0 Å². The van der Waals surface area contributed by atoms with E-state index < -0.39 is 18.3 Å². The molecule has 4 N–H and O–H groups in total. The molecule has 0 atom stereocenters. The zero-order valence-corrected chi connectivity index (χ0v) is 15.7. The van der Waals surface area contributed by atoms with E-state index in [9.17, 15) is 0 Å². The van der Waals surface area contributed by atoms with E-state index in [1.54, 1.807) is 0 Å². The van der Waals surface area contributed by atoms with Crippen molar-refractivity contribution >= 4 is 69.3 Å². The molecular weight excluding hydrogens is 575 g/mol. The average molecular weight is 581 g/mol. The zero-order chi connectivity index (χ0) is 6.28. The van der Waals surface area contributed by atoms with Crippen LogP contribution in [0.25, 0.3) is 0 Å². The summed E-state index contributed by atoms with van der Waals surface area (Å²) in [6, 6.07) is 0. The molecule has 0 bridgehead atoms. The van der Waals surface area contributed by atoms with Crippen LogP contribution in [0.2, 0.25) is 0 Å². The summed E-state index contributed by atoms with van der Waals surface area (Å²) in [5.74, 6) is 0. The predicted molar refractivity (Wildman–Crippen MR) is 39.4 cm³/mol. The molecule has 0 aliphatic carbocycles. The van der Waals surface area contributed by atoms with Gasteiger partial charge < -0.3 is 11.0 Å². The van der Waals surface area contributed by atoms with Gasteiger partial charge >= 0.3 is 77.7 Å². The summed E-state index contributed by atoms with van der Waals surface area (Å²) >= 11 is -0.485. The zero-order valence-electron chi connectivity index (χ0n) is 4.66. The molecular formula is H6O6Pb2S2. The van der Waals surface area contributed by atoms with Gasteiger partial charge in [-0.05, 0) is 0 Å². The molecule has 10 heteroatoms. The molecule has 0 aliphatic rings. The Morgan fingerprint density at radius 3 is 1.10 bits per heavy atom. The van der Waals surface area contributed by atoms with Crippen molar-refractivity contribution in [1.82, 2.24) is 0 Å². The van der Waals surface area contributed by atoms with Gasteiger partial charge in [0.15, 0.2) is 0 Å². The molecule has 0 aromatic rings. The Labute approximate surface area is 95.8 Å². The molecule has 0 aliphatic heterocycles. The summed E-state index contributed by atoms with van der Waals surface area (Å²) in [6.07, 6.45) is 0. The molecule has 10 heavy (non-hydrogen) atoms. The summed E-state index contributed by atoms with van der Waals surface area (Å²) in [5, 5.41) is 0. The van der Waals surface area contributed by atoms with Gasteiger partial charge in [-0.25, -0.2) is 0 Å². The molecule has 0 aromatic heterocycles. The predicted octanol–water partition coefficient (Wildman–Crippen LogP) is -4.29. The van der Waals surface area contributed by atoms with Gasteiger partial charge in [-0.15, -0.1) is 0 Å². The third kappa shape index (κ3) is 337. The molecule has 62 valence electrons. The van der Waals surface area contributed by atoms with Gasteiger partial charge in [0.25, 0.3) is 0 Å². The van der Waals surface area contributed by atoms with Gasteiger partial charge in [0.05, 0.1) is 0 Å². The Balaban J connectivity index is -0.0000000131. The van der Waals surface area contributed by atoms with Crippen LogP contribution in [0.15, 0.2) is 0 Å². The molecule has 6 nitrogen and oxygen atoms in total. The Morgan fingerprint density at radius 1 is 1.10 bits per heavy atom. The second-order valence-electron chi connectivity index (χ2n) is 0.303. The summed E-state index contributed by atoms with van der Waals surface area (Å²) in [4.78, 5) is 0. The van der Waals surface area contributed by atoms with Crippen LogP contribution in [-0.4, -0.2) is 78.8 Å². The molecule has 0 unspecified atom stereocenters. The average Bonchev–Trinajstić information content (AvgIpc) is 1.33. The maximum atomic E-state index is 9.06. The topological polar surface area (TPSA) is 131 Å². The molecule has 0 heterocycles.